The molecule has 37 heavy (non-hydrogen) atoms. The number of para-hydroxylation sites is 2. The number of methoxy groups -OCH3 is 1. The van der Waals surface area contributed by atoms with Gasteiger partial charge < -0.3 is 18.9 Å². The highest BCUT2D eigenvalue weighted by atomic mass is 35.5. The van der Waals surface area contributed by atoms with Crippen LogP contribution < -0.4 is 23.7 Å². The van der Waals surface area contributed by atoms with Gasteiger partial charge in [-0.05, 0) is 42.0 Å². The molecular formula is C26H20ClN3O6S. The highest BCUT2D eigenvalue weighted by molar-refractivity contribution is 7.95. The summed E-state index contributed by atoms with van der Waals surface area (Å²) in [7, 11) is -2.54. The Labute approximate surface area is 218 Å². The molecule has 0 atom stereocenters. The first-order chi connectivity index (χ1) is 17.9. The minimum absolute atomic E-state index is 0.0904. The number of benzene rings is 3. The van der Waals surface area contributed by atoms with Gasteiger partial charge in [-0.3, -0.25) is 4.72 Å². The third-order valence-corrected chi connectivity index (χ3v) is 6.44. The van der Waals surface area contributed by atoms with E-state index in [-0.39, 0.29) is 29.3 Å². The van der Waals surface area contributed by atoms with Crippen LogP contribution >= 0.6 is 11.6 Å². The van der Waals surface area contributed by atoms with Gasteiger partial charge in [0.2, 0.25) is 12.5 Å². The average molecular weight is 538 g/mol. The first-order valence-electron chi connectivity index (χ1n) is 11.0. The summed E-state index contributed by atoms with van der Waals surface area (Å²) in [5.74, 6) is 1.71. The molecule has 5 rings (SSSR count). The predicted octanol–water partition coefficient (Wildman–Crippen LogP) is 5.74. The number of nitrogens with one attached hydrogen (secondary N) is 1. The monoisotopic (exact) mass is 537 g/mol. The van der Waals surface area contributed by atoms with Crippen molar-refractivity contribution in [1.29, 1.82) is 0 Å². The second-order valence-electron chi connectivity index (χ2n) is 7.70. The van der Waals surface area contributed by atoms with Gasteiger partial charge in [-0.1, -0.05) is 54.1 Å². The Morgan fingerprint density at radius 1 is 0.946 bits per heavy atom. The molecule has 0 radical (unpaired) electrons. The number of halogens is 1. The van der Waals surface area contributed by atoms with E-state index in [1.165, 1.54) is 13.2 Å². The molecule has 11 heteroatoms. The van der Waals surface area contributed by atoms with Crippen LogP contribution in [0.4, 0.5) is 5.82 Å². The number of aromatic nitrogens is 2. The summed E-state index contributed by atoms with van der Waals surface area (Å²) in [6.07, 6.45) is 1.46. The lowest BCUT2D eigenvalue weighted by Gasteiger charge is -2.15. The molecule has 4 aromatic rings. The Balaban J connectivity index is 1.56. The van der Waals surface area contributed by atoms with Crippen LogP contribution in [0.2, 0.25) is 5.15 Å². The van der Waals surface area contributed by atoms with E-state index in [4.69, 9.17) is 30.5 Å². The summed E-state index contributed by atoms with van der Waals surface area (Å²) in [5, 5.41) is 0.921. The van der Waals surface area contributed by atoms with E-state index in [0.29, 0.717) is 34.1 Å². The fourth-order valence-electron chi connectivity index (χ4n) is 3.46. The zero-order valence-corrected chi connectivity index (χ0v) is 21.0. The minimum atomic E-state index is -4.02. The molecule has 0 spiro atoms. The van der Waals surface area contributed by atoms with Crippen molar-refractivity contribution >= 4 is 33.5 Å². The number of hydrogen-bond acceptors (Lipinski definition) is 8. The Hall–Kier alpha value is -4.28. The Morgan fingerprint density at radius 2 is 1.68 bits per heavy atom. The highest BCUT2D eigenvalue weighted by Crippen LogP contribution is 2.41. The summed E-state index contributed by atoms with van der Waals surface area (Å²) in [4.78, 5) is 8.78. The van der Waals surface area contributed by atoms with E-state index < -0.39 is 10.0 Å². The largest absolute Gasteiger partial charge is 0.493 e. The maximum Gasteiger partial charge on any atom is 0.256 e. The molecule has 0 amide bonds. The zero-order chi connectivity index (χ0) is 25.8. The van der Waals surface area contributed by atoms with E-state index in [1.807, 2.05) is 6.07 Å². The van der Waals surface area contributed by atoms with Gasteiger partial charge in [0.05, 0.1) is 12.5 Å². The number of hydrogen-bond donors (Lipinski definition) is 1. The maximum absolute atomic E-state index is 13.0. The van der Waals surface area contributed by atoms with Crippen molar-refractivity contribution < 1.29 is 27.4 Å². The molecule has 0 saturated carbocycles. The summed E-state index contributed by atoms with van der Waals surface area (Å²) < 4.78 is 50.5. The van der Waals surface area contributed by atoms with Gasteiger partial charge >= 0.3 is 0 Å². The molecular weight excluding hydrogens is 518 g/mol. The highest BCUT2D eigenvalue weighted by Gasteiger charge is 2.23. The molecule has 1 aromatic heterocycles. The molecule has 0 saturated heterocycles. The van der Waals surface area contributed by atoms with Crippen molar-refractivity contribution in [3.63, 3.8) is 0 Å². The molecule has 2 heterocycles. The van der Waals surface area contributed by atoms with Crippen molar-refractivity contribution in [2.24, 2.45) is 0 Å². The lowest BCUT2D eigenvalue weighted by molar-refractivity contribution is 0.174. The first-order valence-corrected chi connectivity index (χ1v) is 12.9. The van der Waals surface area contributed by atoms with Crippen LogP contribution in [0.5, 0.6) is 28.7 Å². The van der Waals surface area contributed by atoms with Gasteiger partial charge in [-0.2, -0.15) is 0 Å². The molecule has 1 N–H and O–H groups in total. The van der Waals surface area contributed by atoms with Gasteiger partial charge in [0.1, 0.15) is 0 Å². The summed E-state index contributed by atoms with van der Waals surface area (Å²) >= 11 is 6.52. The van der Waals surface area contributed by atoms with Crippen molar-refractivity contribution in [2.45, 2.75) is 0 Å². The molecule has 3 aromatic carbocycles. The molecule has 0 aliphatic carbocycles. The van der Waals surface area contributed by atoms with E-state index in [9.17, 15) is 8.42 Å². The van der Waals surface area contributed by atoms with Crippen molar-refractivity contribution in [2.75, 3.05) is 18.6 Å². The normalized spacial score (nSPS) is 12.5. The fraction of sp³-hybridized carbons (Fsp3) is 0.0769. The van der Waals surface area contributed by atoms with Crippen LogP contribution in [0.3, 0.4) is 0 Å². The molecule has 0 bridgehead atoms. The van der Waals surface area contributed by atoms with Gasteiger partial charge in [0, 0.05) is 5.56 Å². The van der Waals surface area contributed by atoms with Crippen LogP contribution in [0.25, 0.3) is 17.5 Å². The summed E-state index contributed by atoms with van der Waals surface area (Å²) in [6, 6.07) is 21.0. The van der Waals surface area contributed by atoms with E-state index >= 15 is 0 Å². The molecule has 0 unspecified atom stereocenters. The maximum atomic E-state index is 13.0. The van der Waals surface area contributed by atoms with Gasteiger partial charge in [-0.15, -0.1) is 0 Å². The van der Waals surface area contributed by atoms with Crippen LogP contribution in [-0.4, -0.2) is 32.3 Å². The third-order valence-electron chi connectivity index (χ3n) is 5.21. The quantitative estimate of drug-likeness (QED) is 0.283. The van der Waals surface area contributed by atoms with Crippen molar-refractivity contribution in [3.8, 4) is 40.1 Å². The van der Waals surface area contributed by atoms with Crippen molar-refractivity contribution in [1.82, 2.24) is 9.97 Å². The van der Waals surface area contributed by atoms with Crippen LogP contribution in [0.15, 0.2) is 78.2 Å². The predicted molar refractivity (Wildman–Crippen MR) is 140 cm³/mol. The molecule has 0 fully saturated rings. The number of sulfonamides is 1. The number of ether oxygens (including phenoxy) is 4. The second kappa shape index (κ2) is 10.4. The summed E-state index contributed by atoms with van der Waals surface area (Å²) in [6.45, 7) is 0.102. The molecule has 9 nitrogen and oxygen atoms in total. The number of fused-ring (bicyclic) bond motifs is 1. The smallest absolute Gasteiger partial charge is 0.256 e. The van der Waals surface area contributed by atoms with Crippen LogP contribution in [0.1, 0.15) is 5.56 Å². The lowest BCUT2D eigenvalue weighted by Crippen LogP contribution is -2.12. The van der Waals surface area contributed by atoms with Gasteiger partial charge in [0.15, 0.2) is 39.8 Å². The van der Waals surface area contributed by atoms with E-state index in [0.717, 1.165) is 5.41 Å². The number of anilines is 1. The standard InChI is InChI=1S/C26H20ClN3O6S/c1-33-19-9-5-6-10-21(19)36-23-24(27)28-25(18-11-12-20-22(15-18)35-16-34-20)29-26(23)30-37(31,32)14-13-17-7-3-2-4-8-17/h2-15H,16H2,1H3,(H,28,29,30)/b14-13+. The Morgan fingerprint density at radius 3 is 2.46 bits per heavy atom. The molecule has 188 valence electrons. The van der Waals surface area contributed by atoms with Crippen molar-refractivity contribution in [3.05, 3.63) is 88.9 Å². The number of nitrogens with zero attached hydrogens (tertiary/aromatic N) is 2. The van der Waals surface area contributed by atoms with Crippen LogP contribution in [0, 0.1) is 0 Å². The van der Waals surface area contributed by atoms with Gasteiger partial charge in [-0.25, -0.2) is 18.4 Å². The zero-order valence-electron chi connectivity index (χ0n) is 19.4. The minimum Gasteiger partial charge on any atom is -0.493 e. The lowest BCUT2D eigenvalue weighted by atomic mass is 10.2. The van der Waals surface area contributed by atoms with E-state index in [1.54, 1.807) is 66.7 Å². The van der Waals surface area contributed by atoms with Crippen LogP contribution in [-0.2, 0) is 10.0 Å². The first kappa shape index (κ1) is 24.4. The average Bonchev–Trinajstić information content (AvgIpc) is 3.38. The van der Waals surface area contributed by atoms with E-state index in [2.05, 4.69) is 14.7 Å². The Bertz CT molecular complexity index is 1580. The Kier molecular flexibility index (Phi) is 6.85. The topological polar surface area (TPSA) is 109 Å². The molecule has 1 aliphatic rings. The van der Waals surface area contributed by atoms with Gasteiger partial charge in [0.25, 0.3) is 10.0 Å². The summed E-state index contributed by atoms with van der Waals surface area (Å²) in [5.41, 5.74) is 1.25. The SMILES string of the molecule is COc1ccccc1Oc1c(Cl)nc(-c2ccc3c(c2)OCO3)nc1NS(=O)(=O)/C=C/c1ccccc1. The second-order valence-corrected chi connectivity index (χ2v) is 9.62. The molecule has 1 aliphatic heterocycles. The number of rotatable bonds is 8. The fourth-order valence-corrected chi connectivity index (χ4v) is 4.48. The third kappa shape index (κ3) is 5.60.